The zero-order valence-electron chi connectivity index (χ0n) is 52.3. The molecule has 26 heteroatoms. The third-order valence-electron chi connectivity index (χ3n) is 17.1. The molecule has 0 aliphatic carbocycles. The summed E-state index contributed by atoms with van der Waals surface area (Å²) in [5, 5.41) is 31.6. The number of phenolic OH excluding ortho intramolecular Hbond substituents is 1. The van der Waals surface area contributed by atoms with Crippen LogP contribution in [-0.4, -0.2) is 165 Å². The van der Waals surface area contributed by atoms with Gasteiger partial charge in [-0.3, -0.25) is 47.9 Å². The van der Waals surface area contributed by atoms with Crippen LogP contribution in [-0.2, 0) is 78.7 Å². The Hall–Kier alpha value is -9.01. The molecule has 13 N–H and O–H groups in total. The fraction of sp³-hybridized carbons (Fsp3) is 0.412. The molecule has 2 bridgehead atoms. The average Bonchev–Trinajstić information content (AvgIpc) is 1.63. The molecular weight excluding hydrogens is 1240 g/mol. The molecule has 23 nitrogen and oxygen atoms in total. The number of primary amides is 1. The zero-order chi connectivity index (χ0) is 66.8. The first-order chi connectivity index (χ1) is 45.3. The molecule has 94 heavy (non-hydrogen) atoms. The number of fused-ring (bicyclic) bond motifs is 6. The van der Waals surface area contributed by atoms with Crippen LogP contribution in [0.4, 0.5) is 4.39 Å². The van der Waals surface area contributed by atoms with Crippen LogP contribution in [0.3, 0.4) is 0 Å². The monoisotopic (exact) mass is 1320 g/mol. The summed E-state index contributed by atoms with van der Waals surface area (Å²) in [6.07, 6.45) is 3.73. The van der Waals surface area contributed by atoms with Crippen molar-refractivity contribution in [3.63, 3.8) is 0 Å². The number of phenols is 1. The number of thioether (sulfide) groups is 2. The van der Waals surface area contributed by atoms with Gasteiger partial charge in [0.05, 0.1) is 6.54 Å². The number of amides is 10. The molecule has 2 saturated heterocycles. The van der Waals surface area contributed by atoms with E-state index >= 15 is 9.59 Å². The van der Waals surface area contributed by atoms with Gasteiger partial charge in [-0.25, -0.2) is 4.39 Å². The van der Waals surface area contributed by atoms with E-state index < -0.39 is 120 Å². The van der Waals surface area contributed by atoms with Crippen LogP contribution in [0.15, 0.2) is 115 Å². The van der Waals surface area contributed by atoms with Crippen molar-refractivity contribution in [2.24, 2.45) is 11.5 Å². The SMILES string of the molecule is C[C@@H]1NC(=O)[C@@H]2CCCN2C(=O)[C@H](Cc2ccc3ccccc3c2)NC(=O)[C@H](Cc2c[nH]c3ccc(F)cc23)NC(=O)CNC(=O)[C@H](CCCCN)NC(=O)CCSCc2cccc(c2)CSC[C@@H](C(N)=O)NC(=O)[C@@H]2CCCN2C(=O)[C@H](Cc2ccc(O)cc2)NC1=O. The molecular formula is C68H81FN12O11S2. The summed E-state index contributed by atoms with van der Waals surface area (Å²) in [6, 6.07) is 21.3. The lowest BCUT2D eigenvalue weighted by atomic mass is 9.99. The number of H-pyrrole nitrogens is 1. The van der Waals surface area contributed by atoms with E-state index in [0.717, 1.165) is 21.9 Å². The summed E-state index contributed by atoms with van der Waals surface area (Å²) < 4.78 is 14.8. The molecule has 3 aliphatic heterocycles. The number of carbonyl (C=O) groups is 10. The van der Waals surface area contributed by atoms with Gasteiger partial charge in [0.15, 0.2) is 0 Å². The van der Waals surface area contributed by atoms with Crippen LogP contribution in [0.1, 0.15) is 86.1 Å². The van der Waals surface area contributed by atoms with E-state index in [1.54, 1.807) is 18.3 Å². The highest BCUT2D eigenvalue weighted by molar-refractivity contribution is 7.98. The Labute approximate surface area is 552 Å². The highest BCUT2D eigenvalue weighted by atomic mass is 32.2. The Morgan fingerprint density at radius 2 is 1.26 bits per heavy atom. The lowest BCUT2D eigenvalue weighted by Gasteiger charge is -2.31. The Bertz CT molecular complexity index is 3740. The second-order valence-electron chi connectivity index (χ2n) is 24.0. The molecule has 0 radical (unpaired) electrons. The minimum absolute atomic E-state index is 0.0334. The number of halogens is 1. The van der Waals surface area contributed by atoms with E-state index in [4.69, 9.17) is 11.5 Å². The lowest BCUT2D eigenvalue weighted by molar-refractivity contribution is -0.143. The first kappa shape index (κ1) is 69.3. The number of carbonyl (C=O) groups excluding carboxylic acids is 10. The molecule has 0 unspecified atom stereocenters. The quantitative estimate of drug-likeness (QED) is 0.0829. The number of nitrogens with one attached hydrogen (secondary N) is 8. The molecule has 0 saturated carbocycles. The van der Waals surface area contributed by atoms with Gasteiger partial charge in [0.25, 0.3) is 0 Å². The normalized spacial score (nSPS) is 23.4. The molecule has 6 aromatic rings. The number of unbranched alkanes of at least 4 members (excludes halogenated alkanes) is 1. The molecule has 8 atom stereocenters. The van der Waals surface area contributed by atoms with Crippen molar-refractivity contribution in [3.8, 4) is 5.75 Å². The summed E-state index contributed by atoms with van der Waals surface area (Å²) in [6.45, 7) is 1.36. The second kappa shape index (κ2) is 33.2. The maximum atomic E-state index is 15.3. The first-order valence-corrected chi connectivity index (χ1v) is 34.0. The van der Waals surface area contributed by atoms with E-state index in [0.29, 0.717) is 77.1 Å². The summed E-state index contributed by atoms with van der Waals surface area (Å²) in [7, 11) is 0. The summed E-state index contributed by atoms with van der Waals surface area (Å²) >= 11 is 2.88. The molecule has 0 spiro atoms. The number of nitrogens with two attached hydrogens (primary N) is 2. The number of aromatic amines is 1. The Balaban J connectivity index is 1.00. The van der Waals surface area contributed by atoms with E-state index in [1.165, 1.54) is 70.6 Å². The number of nitrogens with zero attached hydrogens (tertiary/aromatic N) is 2. The molecule has 10 amide bonds. The van der Waals surface area contributed by atoms with Crippen molar-refractivity contribution in [3.05, 3.63) is 149 Å². The smallest absolute Gasteiger partial charge is 0.246 e. The van der Waals surface area contributed by atoms with Gasteiger partial charge < -0.3 is 68.6 Å². The predicted molar refractivity (Wildman–Crippen MR) is 357 cm³/mol. The molecule has 1 aromatic heterocycles. The van der Waals surface area contributed by atoms with E-state index in [9.17, 15) is 47.9 Å². The maximum Gasteiger partial charge on any atom is 0.246 e. The van der Waals surface area contributed by atoms with Crippen LogP contribution in [0.25, 0.3) is 21.7 Å². The van der Waals surface area contributed by atoms with E-state index in [2.05, 4.69) is 42.2 Å². The minimum atomic E-state index is -1.44. The number of aromatic nitrogens is 1. The number of aromatic hydroxyl groups is 1. The molecule has 498 valence electrons. The Kier molecular flexibility index (Phi) is 24.5. The topological polar surface area (TPSA) is 349 Å². The Morgan fingerprint density at radius 3 is 1.95 bits per heavy atom. The standard InChI is InChI=1S/C68H81FN12O11S2/c1-40-62(86)77-54(31-41-17-21-49(82)22-18-41)67(91)81-27-8-15-58(81)66(90)79-56(61(71)85)39-94-38-44-10-6-9-43(29-44)37-93-28-24-59(83)75-52(13-4-5-25-70)63(87)73-36-60(84)76-53(33-47-35-72-51-23-20-48(69)34-50(47)51)64(88)78-55(68(92)80-26-7-14-57(80)65(89)74-40)32-42-16-19-45-11-2-3-12-46(45)30-42/h2-3,6,9-12,16-23,29-30,34-35,40,52-58,72,82H,4-5,7-8,13-15,24-28,31-33,36-39,70H2,1H3,(H2,71,85)(H,73,87)(H,74,89)(H,75,83)(H,76,84)(H,77,86)(H,78,88)(H,79,90)/t40-,52-,53-,54-,55-,56-,57-,58-/m0/s1. The van der Waals surface area contributed by atoms with Crippen molar-refractivity contribution in [2.75, 3.05) is 37.7 Å². The lowest BCUT2D eigenvalue weighted by Crippen LogP contribution is -2.60. The molecule has 9 rings (SSSR count). The first-order valence-electron chi connectivity index (χ1n) is 31.7. The van der Waals surface area contributed by atoms with Gasteiger partial charge in [0.1, 0.15) is 59.9 Å². The largest absolute Gasteiger partial charge is 0.508 e. The highest BCUT2D eigenvalue weighted by Gasteiger charge is 2.42. The summed E-state index contributed by atoms with van der Waals surface area (Å²) in [5.41, 5.74) is 15.7. The van der Waals surface area contributed by atoms with Gasteiger partial charge in [-0.15, -0.1) is 0 Å². The van der Waals surface area contributed by atoms with Crippen LogP contribution < -0.4 is 48.7 Å². The predicted octanol–water partition coefficient (Wildman–Crippen LogP) is 3.41. The number of rotatable bonds is 11. The third kappa shape index (κ3) is 18.9. The second-order valence-corrected chi connectivity index (χ2v) is 26.2. The fourth-order valence-corrected chi connectivity index (χ4v) is 14.0. The van der Waals surface area contributed by atoms with Crippen molar-refractivity contribution in [1.29, 1.82) is 0 Å². The van der Waals surface area contributed by atoms with Gasteiger partial charge in [-0.1, -0.05) is 78.9 Å². The molecule has 4 heterocycles. The van der Waals surface area contributed by atoms with E-state index in [-0.39, 0.29) is 69.5 Å². The van der Waals surface area contributed by atoms with Crippen LogP contribution in [0.2, 0.25) is 0 Å². The van der Waals surface area contributed by atoms with Gasteiger partial charge >= 0.3 is 0 Å². The third-order valence-corrected chi connectivity index (χ3v) is 19.2. The number of hydrogen-bond donors (Lipinski definition) is 11. The minimum Gasteiger partial charge on any atom is -0.508 e. The van der Waals surface area contributed by atoms with Gasteiger partial charge in [-0.05, 0) is 127 Å². The molecule has 2 fully saturated rings. The van der Waals surface area contributed by atoms with E-state index in [1.807, 2.05) is 66.7 Å². The van der Waals surface area contributed by atoms with Crippen molar-refractivity contribution < 1.29 is 57.4 Å². The van der Waals surface area contributed by atoms with Gasteiger partial charge in [0, 0.05) is 78.9 Å². The molecule has 3 aliphatic rings. The van der Waals surface area contributed by atoms with Crippen molar-refractivity contribution >= 4 is 104 Å². The highest BCUT2D eigenvalue weighted by Crippen LogP contribution is 2.27. The van der Waals surface area contributed by atoms with Gasteiger partial charge in [-0.2, -0.15) is 23.5 Å². The summed E-state index contributed by atoms with van der Waals surface area (Å²) in [4.78, 5) is 148. The Morgan fingerprint density at radius 1 is 0.617 bits per heavy atom. The van der Waals surface area contributed by atoms with Crippen LogP contribution in [0, 0.1) is 5.82 Å². The number of benzene rings is 5. The van der Waals surface area contributed by atoms with Crippen molar-refractivity contribution in [2.45, 2.75) is 137 Å². The van der Waals surface area contributed by atoms with Crippen molar-refractivity contribution in [1.82, 2.24) is 52.0 Å². The number of hydrogen-bond acceptors (Lipinski definition) is 14. The average molecular weight is 1330 g/mol. The van der Waals surface area contributed by atoms with Crippen LogP contribution in [0.5, 0.6) is 5.75 Å². The zero-order valence-corrected chi connectivity index (χ0v) is 53.9. The fourth-order valence-electron chi connectivity index (χ4n) is 12.1. The molecule has 5 aromatic carbocycles. The summed E-state index contributed by atoms with van der Waals surface area (Å²) in [5.74, 6) is -5.84. The van der Waals surface area contributed by atoms with Crippen LogP contribution >= 0.6 is 23.5 Å². The maximum absolute atomic E-state index is 15.3. The van der Waals surface area contributed by atoms with Gasteiger partial charge in [0.2, 0.25) is 59.1 Å².